The third-order valence-corrected chi connectivity index (χ3v) is 9.11. The molecule has 5 atom stereocenters. The van der Waals surface area contributed by atoms with Crippen molar-refractivity contribution in [2.24, 2.45) is 23.2 Å². The first-order valence-electron chi connectivity index (χ1n) is 12.7. The number of fused-ring (bicyclic) bond motifs is 1. The van der Waals surface area contributed by atoms with E-state index in [9.17, 15) is 13.5 Å². The molecule has 3 saturated carbocycles. The lowest BCUT2D eigenvalue weighted by Crippen LogP contribution is -2.36. The van der Waals surface area contributed by atoms with Crippen LogP contribution in [0.5, 0.6) is 0 Å². The van der Waals surface area contributed by atoms with E-state index in [0.29, 0.717) is 36.5 Å². The molecule has 6 heteroatoms. The third kappa shape index (κ3) is 7.03. The highest BCUT2D eigenvalue weighted by Gasteiger charge is 2.50. The van der Waals surface area contributed by atoms with Gasteiger partial charge in [-0.05, 0) is 94.0 Å². The van der Waals surface area contributed by atoms with Crippen molar-refractivity contribution >= 4 is 10.4 Å². The summed E-state index contributed by atoms with van der Waals surface area (Å²) in [5.41, 5.74) is 3.34. The standard InChI is InChI=1S/C27H44O5S/c1-19-10-13-23(32-33(29,30)31)18-22(19)12-11-21-9-7-17-27(5)24(14-15-25(21)27)20(2)8-6-16-26(3,4)28/h11-12,20,23-25,28H,1,6-10,13-18H2,2-5H3,(H,29,30,31). The Bertz CT molecular complexity index is 879. The lowest BCUT2D eigenvalue weighted by Gasteiger charge is -2.44. The van der Waals surface area contributed by atoms with E-state index in [1.807, 2.05) is 13.8 Å². The van der Waals surface area contributed by atoms with Crippen molar-refractivity contribution in [2.75, 3.05) is 0 Å². The molecule has 0 spiro atoms. The molecule has 3 fully saturated rings. The molecule has 3 aliphatic carbocycles. The summed E-state index contributed by atoms with van der Waals surface area (Å²) in [6.07, 6.45) is 14.8. The number of allylic oxidation sites excluding steroid dienone is 4. The fraction of sp³-hybridized carbons (Fsp3) is 0.778. The van der Waals surface area contributed by atoms with Crippen LogP contribution in [0.15, 0.2) is 35.5 Å². The van der Waals surface area contributed by atoms with E-state index in [1.54, 1.807) is 0 Å². The SMILES string of the molecule is C=C1CCC(OS(=O)(=O)O)CC1=CC=C1CCCC2(C)C1CCC2C(C)CCCC(C)(C)O. The highest BCUT2D eigenvalue weighted by atomic mass is 32.3. The Morgan fingerprint density at radius 3 is 2.64 bits per heavy atom. The monoisotopic (exact) mass is 480 g/mol. The van der Waals surface area contributed by atoms with Crippen LogP contribution in [0.25, 0.3) is 0 Å². The van der Waals surface area contributed by atoms with Crippen molar-refractivity contribution in [2.45, 2.75) is 110 Å². The minimum atomic E-state index is -4.44. The van der Waals surface area contributed by atoms with E-state index in [2.05, 4.69) is 32.6 Å². The van der Waals surface area contributed by atoms with Crippen LogP contribution in [0.1, 0.15) is 98.3 Å². The summed E-state index contributed by atoms with van der Waals surface area (Å²) >= 11 is 0. The summed E-state index contributed by atoms with van der Waals surface area (Å²) in [4.78, 5) is 0. The van der Waals surface area contributed by atoms with Crippen molar-refractivity contribution in [3.8, 4) is 0 Å². The van der Waals surface area contributed by atoms with Gasteiger partial charge in [0.2, 0.25) is 0 Å². The Kier molecular flexibility index (Phi) is 8.36. The van der Waals surface area contributed by atoms with Crippen LogP contribution in [0.2, 0.25) is 0 Å². The molecule has 0 aromatic carbocycles. The van der Waals surface area contributed by atoms with Crippen molar-refractivity contribution < 1.29 is 22.3 Å². The van der Waals surface area contributed by atoms with Crippen LogP contribution in [-0.4, -0.2) is 29.8 Å². The number of rotatable bonds is 8. The Morgan fingerprint density at radius 2 is 1.97 bits per heavy atom. The molecule has 5 unspecified atom stereocenters. The normalized spacial score (nSPS) is 34.6. The van der Waals surface area contributed by atoms with Gasteiger partial charge in [-0.15, -0.1) is 0 Å². The van der Waals surface area contributed by atoms with E-state index in [0.717, 1.165) is 36.3 Å². The van der Waals surface area contributed by atoms with Gasteiger partial charge in [0.05, 0.1) is 11.7 Å². The maximum Gasteiger partial charge on any atom is 0.397 e. The van der Waals surface area contributed by atoms with Crippen LogP contribution in [0, 0.1) is 23.2 Å². The van der Waals surface area contributed by atoms with Gasteiger partial charge in [-0.3, -0.25) is 4.55 Å². The molecule has 0 heterocycles. The predicted octanol–water partition coefficient (Wildman–Crippen LogP) is 6.56. The fourth-order valence-corrected chi connectivity index (χ4v) is 7.42. The van der Waals surface area contributed by atoms with Crippen molar-refractivity contribution in [3.05, 3.63) is 35.5 Å². The molecule has 0 radical (unpaired) electrons. The van der Waals surface area contributed by atoms with Gasteiger partial charge < -0.3 is 5.11 Å². The summed E-state index contributed by atoms with van der Waals surface area (Å²) in [5.74, 6) is 1.99. The van der Waals surface area contributed by atoms with Crippen molar-refractivity contribution in [3.63, 3.8) is 0 Å². The van der Waals surface area contributed by atoms with Crippen LogP contribution < -0.4 is 0 Å². The molecule has 0 aliphatic heterocycles. The van der Waals surface area contributed by atoms with E-state index in [4.69, 9.17) is 8.74 Å². The summed E-state index contributed by atoms with van der Waals surface area (Å²) in [6, 6.07) is 0. The highest BCUT2D eigenvalue weighted by Crippen LogP contribution is 2.60. The second kappa shape index (κ2) is 10.3. The maximum absolute atomic E-state index is 11.1. The van der Waals surface area contributed by atoms with E-state index < -0.39 is 22.1 Å². The van der Waals surface area contributed by atoms with Crippen LogP contribution in [-0.2, 0) is 14.6 Å². The van der Waals surface area contributed by atoms with Gasteiger partial charge in [-0.2, -0.15) is 8.42 Å². The number of hydrogen-bond acceptors (Lipinski definition) is 4. The Hall–Kier alpha value is -0.950. The predicted molar refractivity (Wildman–Crippen MR) is 133 cm³/mol. The molecule has 0 saturated heterocycles. The average molecular weight is 481 g/mol. The van der Waals surface area contributed by atoms with Crippen molar-refractivity contribution in [1.82, 2.24) is 0 Å². The zero-order valence-electron chi connectivity index (χ0n) is 21.0. The second-order valence-electron chi connectivity index (χ2n) is 11.7. The summed E-state index contributed by atoms with van der Waals surface area (Å²) < 4.78 is 36.1. The summed E-state index contributed by atoms with van der Waals surface area (Å²) in [6.45, 7) is 12.9. The second-order valence-corrected chi connectivity index (χ2v) is 12.8. The van der Waals surface area contributed by atoms with E-state index in [1.165, 1.54) is 37.7 Å². The van der Waals surface area contributed by atoms with E-state index >= 15 is 0 Å². The van der Waals surface area contributed by atoms with Gasteiger partial charge in [0.1, 0.15) is 0 Å². The maximum atomic E-state index is 11.1. The van der Waals surface area contributed by atoms with Gasteiger partial charge in [0, 0.05) is 6.42 Å². The third-order valence-electron chi connectivity index (χ3n) is 8.60. The Balaban J connectivity index is 1.69. The van der Waals surface area contributed by atoms with Gasteiger partial charge in [-0.25, -0.2) is 4.18 Å². The molecular formula is C27H44O5S. The molecule has 3 aliphatic rings. The quantitative estimate of drug-likeness (QED) is 0.384. The molecular weight excluding hydrogens is 436 g/mol. The first-order valence-corrected chi connectivity index (χ1v) is 14.1. The molecule has 3 rings (SSSR count). The van der Waals surface area contributed by atoms with Crippen LogP contribution >= 0.6 is 0 Å². The summed E-state index contributed by atoms with van der Waals surface area (Å²) in [7, 11) is -4.44. The lowest BCUT2D eigenvalue weighted by molar-refractivity contribution is 0.0596. The molecule has 0 aromatic heterocycles. The van der Waals surface area contributed by atoms with Crippen LogP contribution in [0.4, 0.5) is 0 Å². The van der Waals surface area contributed by atoms with Crippen LogP contribution in [0.3, 0.4) is 0 Å². The largest absolute Gasteiger partial charge is 0.397 e. The first kappa shape index (κ1) is 26.7. The lowest BCUT2D eigenvalue weighted by atomic mass is 9.60. The minimum absolute atomic E-state index is 0.330. The average Bonchev–Trinajstić information content (AvgIpc) is 3.03. The topological polar surface area (TPSA) is 83.8 Å². The zero-order chi connectivity index (χ0) is 24.4. The zero-order valence-corrected chi connectivity index (χ0v) is 21.8. The van der Waals surface area contributed by atoms with E-state index in [-0.39, 0.29) is 0 Å². The Labute approximate surface area is 201 Å². The molecule has 0 aromatic rings. The fourth-order valence-electron chi connectivity index (χ4n) is 6.91. The molecule has 2 N–H and O–H groups in total. The van der Waals surface area contributed by atoms with Gasteiger partial charge in [0.15, 0.2) is 0 Å². The molecule has 0 amide bonds. The molecule has 5 nitrogen and oxygen atoms in total. The summed E-state index contributed by atoms with van der Waals surface area (Å²) in [5, 5.41) is 10.1. The number of aliphatic hydroxyl groups is 1. The Morgan fingerprint density at radius 1 is 1.24 bits per heavy atom. The highest BCUT2D eigenvalue weighted by molar-refractivity contribution is 7.80. The van der Waals surface area contributed by atoms with Gasteiger partial charge in [-0.1, -0.05) is 56.6 Å². The van der Waals surface area contributed by atoms with Gasteiger partial charge in [0.25, 0.3) is 0 Å². The molecule has 188 valence electrons. The molecule has 33 heavy (non-hydrogen) atoms. The smallest absolute Gasteiger partial charge is 0.390 e. The first-order chi connectivity index (χ1) is 15.3. The van der Waals surface area contributed by atoms with Crippen molar-refractivity contribution in [1.29, 1.82) is 0 Å². The number of hydrogen-bond donors (Lipinski definition) is 2. The van der Waals surface area contributed by atoms with Gasteiger partial charge >= 0.3 is 10.4 Å². The minimum Gasteiger partial charge on any atom is -0.390 e. The molecule has 0 bridgehead atoms.